The molecule has 1 aromatic rings. The zero-order valence-electron chi connectivity index (χ0n) is 7.01. The molecule has 0 spiro atoms. The SMILES string of the molecule is NC(=O)c1ncc(Cl)cc1OC(F)(F)F. The van der Waals surface area contributed by atoms with E-state index in [1.165, 1.54) is 0 Å². The lowest BCUT2D eigenvalue weighted by molar-refractivity contribution is -0.274. The molecule has 2 N–H and O–H groups in total. The van der Waals surface area contributed by atoms with Crippen LogP contribution in [-0.4, -0.2) is 17.3 Å². The first-order chi connectivity index (χ1) is 6.79. The molecule has 4 nitrogen and oxygen atoms in total. The summed E-state index contributed by atoms with van der Waals surface area (Å²) in [5.41, 5.74) is 4.16. The van der Waals surface area contributed by atoms with Crippen LogP contribution in [0.25, 0.3) is 0 Å². The van der Waals surface area contributed by atoms with E-state index in [1.807, 2.05) is 0 Å². The van der Waals surface area contributed by atoms with Crippen molar-refractivity contribution >= 4 is 17.5 Å². The van der Waals surface area contributed by atoms with Gasteiger partial charge in [0.05, 0.1) is 5.02 Å². The number of rotatable bonds is 2. The molecule has 0 aliphatic heterocycles. The highest BCUT2D eigenvalue weighted by Gasteiger charge is 2.33. The van der Waals surface area contributed by atoms with Gasteiger partial charge in [0.1, 0.15) is 0 Å². The van der Waals surface area contributed by atoms with Crippen molar-refractivity contribution in [3.8, 4) is 5.75 Å². The maximum absolute atomic E-state index is 11.9. The van der Waals surface area contributed by atoms with Crippen molar-refractivity contribution in [1.29, 1.82) is 0 Å². The van der Waals surface area contributed by atoms with Crippen molar-refractivity contribution in [1.82, 2.24) is 4.98 Å². The number of aromatic nitrogens is 1. The van der Waals surface area contributed by atoms with Crippen molar-refractivity contribution in [3.05, 3.63) is 23.0 Å². The number of pyridine rings is 1. The number of hydrogen-bond donors (Lipinski definition) is 1. The van der Waals surface area contributed by atoms with E-state index in [1.54, 1.807) is 0 Å². The van der Waals surface area contributed by atoms with Gasteiger partial charge in [-0.05, 0) is 0 Å². The van der Waals surface area contributed by atoms with Crippen molar-refractivity contribution in [2.75, 3.05) is 0 Å². The number of carbonyl (C=O) groups is 1. The second-order valence-corrected chi connectivity index (χ2v) is 2.85. The Morgan fingerprint density at radius 2 is 2.13 bits per heavy atom. The minimum Gasteiger partial charge on any atom is -0.403 e. The summed E-state index contributed by atoms with van der Waals surface area (Å²) in [5.74, 6) is -1.95. The third-order valence-electron chi connectivity index (χ3n) is 1.28. The Kier molecular flexibility index (Phi) is 3.04. The molecule has 15 heavy (non-hydrogen) atoms. The summed E-state index contributed by atoms with van der Waals surface area (Å²) in [4.78, 5) is 14.0. The van der Waals surface area contributed by atoms with Gasteiger partial charge in [0.25, 0.3) is 5.91 Å². The van der Waals surface area contributed by atoms with Crippen molar-refractivity contribution in [3.63, 3.8) is 0 Å². The van der Waals surface area contributed by atoms with Gasteiger partial charge < -0.3 is 10.5 Å². The maximum atomic E-state index is 11.9. The van der Waals surface area contributed by atoms with Crippen LogP contribution < -0.4 is 10.5 Å². The molecule has 1 heterocycles. The fourth-order valence-corrected chi connectivity index (χ4v) is 0.956. The molecular formula is C7H4ClF3N2O2. The van der Waals surface area contributed by atoms with Crippen LogP contribution in [0, 0.1) is 0 Å². The predicted molar refractivity (Wildman–Crippen MR) is 44.4 cm³/mol. The molecule has 8 heteroatoms. The fourth-order valence-electron chi connectivity index (χ4n) is 0.808. The molecule has 82 valence electrons. The first kappa shape index (κ1) is 11.6. The number of halogens is 4. The van der Waals surface area contributed by atoms with Crippen LogP contribution in [0.2, 0.25) is 5.02 Å². The molecule has 1 rings (SSSR count). The third kappa shape index (κ3) is 3.28. The highest BCUT2D eigenvalue weighted by Crippen LogP contribution is 2.27. The third-order valence-corrected chi connectivity index (χ3v) is 1.49. The van der Waals surface area contributed by atoms with Crippen LogP contribution in [0.1, 0.15) is 10.5 Å². The topological polar surface area (TPSA) is 65.2 Å². The molecule has 0 unspecified atom stereocenters. The Morgan fingerprint density at radius 1 is 1.53 bits per heavy atom. The van der Waals surface area contributed by atoms with Gasteiger partial charge in [-0.2, -0.15) is 0 Å². The molecule has 1 aromatic heterocycles. The summed E-state index contributed by atoms with van der Waals surface area (Å²) in [6, 6.07) is 0.808. The van der Waals surface area contributed by atoms with Gasteiger partial charge in [-0.15, -0.1) is 13.2 Å². The number of hydrogen-bond acceptors (Lipinski definition) is 3. The van der Waals surface area contributed by atoms with Crippen LogP contribution in [0.15, 0.2) is 12.3 Å². The summed E-state index contributed by atoms with van der Waals surface area (Å²) in [7, 11) is 0. The van der Waals surface area contributed by atoms with Gasteiger partial charge in [-0.1, -0.05) is 11.6 Å². The Morgan fingerprint density at radius 3 is 2.60 bits per heavy atom. The molecule has 0 saturated carbocycles. The molecule has 0 bridgehead atoms. The second-order valence-electron chi connectivity index (χ2n) is 2.41. The molecule has 0 aliphatic carbocycles. The minimum absolute atomic E-state index is 0.0979. The van der Waals surface area contributed by atoms with E-state index >= 15 is 0 Å². The van der Waals surface area contributed by atoms with Gasteiger partial charge in [0.15, 0.2) is 11.4 Å². The monoisotopic (exact) mass is 240 g/mol. The molecule has 0 radical (unpaired) electrons. The standard InChI is InChI=1S/C7H4ClF3N2O2/c8-3-1-4(15-7(9,10)11)5(6(12)14)13-2-3/h1-2H,(H2,12,14). The van der Waals surface area contributed by atoms with Crippen LogP contribution in [0.5, 0.6) is 5.75 Å². The zero-order valence-corrected chi connectivity index (χ0v) is 7.76. The first-order valence-corrected chi connectivity index (χ1v) is 3.88. The lowest BCUT2D eigenvalue weighted by atomic mass is 10.3. The first-order valence-electron chi connectivity index (χ1n) is 3.50. The number of primary amides is 1. The Labute approximate surface area is 86.8 Å². The number of nitrogens with zero attached hydrogens (tertiary/aromatic N) is 1. The van der Waals surface area contributed by atoms with E-state index in [4.69, 9.17) is 17.3 Å². The fraction of sp³-hybridized carbons (Fsp3) is 0.143. The predicted octanol–water partition coefficient (Wildman–Crippen LogP) is 1.73. The van der Waals surface area contributed by atoms with E-state index in [0.717, 1.165) is 12.3 Å². The Hall–Kier alpha value is -1.50. The average molecular weight is 241 g/mol. The van der Waals surface area contributed by atoms with Crippen molar-refractivity contribution < 1.29 is 22.7 Å². The van der Waals surface area contributed by atoms with Gasteiger partial charge in [0.2, 0.25) is 0 Å². The van der Waals surface area contributed by atoms with Crippen LogP contribution in [-0.2, 0) is 0 Å². The van der Waals surface area contributed by atoms with E-state index in [0.29, 0.717) is 0 Å². The molecule has 0 aliphatic rings. The highest BCUT2D eigenvalue weighted by molar-refractivity contribution is 6.30. The van der Waals surface area contributed by atoms with Crippen molar-refractivity contribution in [2.45, 2.75) is 6.36 Å². The maximum Gasteiger partial charge on any atom is 0.573 e. The van der Waals surface area contributed by atoms with Gasteiger partial charge in [-0.25, -0.2) is 4.98 Å². The summed E-state index contributed by atoms with van der Waals surface area (Å²) < 4.78 is 39.1. The van der Waals surface area contributed by atoms with Crippen LogP contribution in [0.3, 0.4) is 0 Å². The lowest BCUT2D eigenvalue weighted by Crippen LogP contribution is -2.21. The minimum atomic E-state index is -4.93. The Bertz CT molecular complexity index is 394. The van der Waals surface area contributed by atoms with E-state index < -0.39 is 23.7 Å². The van der Waals surface area contributed by atoms with Gasteiger partial charge in [0, 0.05) is 12.3 Å². The second kappa shape index (κ2) is 3.93. The smallest absolute Gasteiger partial charge is 0.403 e. The van der Waals surface area contributed by atoms with E-state index in [-0.39, 0.29) is 5.02 Å². The highest BCUT2D eigenvalue weighted by atomic mass is 35.5. The zero-order chi connectivity index (χ0) is 11.6. The quantitative estimate of drug-likeness (QED) is 0.856. The number of nitrogens with two attached hydrogens (primary N) is 1. The number of amides is 1. The Balaban J connectivity index is 3.13. The number of ether oxygens (including phenoxy) is 1. The molecule has 1 amide bonds. The average Bonchev–Trinajstić information content (AvgIpc) is 1.99. The van der Waals surface area contributed by atoms with E-state index in [9.17, 15) is 18.0 Å². The van der Waals surface area contributed by atoms with Crippen molar-refractivity contribution in [2.24, 2.45) is 5.73 Å². The summed E-state index contributed by atoms with van der Waals surface area (Å²) in [5, 5.41) is -0.0979. The summed E-state index contributed by atoms with van der Waals surface area (Å²) >= 11 is 5.39. The van der Waals surface area contributed by atoms with Crippen LogP contribution in [0.4, 0.5) is 13.2 Å². The van der Waals surface area contributed by atoms with Crippen LogP contribution >= 0.6 is 11.6 Å². The molecule has 0 atom stereocenters. The summed E-state index contributed by atoms with van der Waals surface area (Å²) in [6.45, 7) is 0. The number of carbonyl (C=O) groups excluding carboxylic acids is 1. The molecule has 0 fully saturated rings. The van der Waals surface area contributed by atoms with E-state index in [2.05, 4.69) is 9.72 Å². The number of alkyl halides is 3. The molecule has 0 aromatic carbocycles. The lowest BCUT2D eigenvalue weighted by Gasteiger charge is -2.10. The largest absolute Gasteiger partial charge is 0.573 e. The summed E-state index contributed by atoms with van der Waals surface area (Å²) in [6.07, 6.45) is -3.94. The molecular weight excluding hydrogens is 237 g/mol. The van der Waals surface area contributed by atoms with Gasteiger partial charge >= 0.3 is 6.36 Å². The van der Waals surface area contributed by atoms with Gasteiger partial charge in [-0.3, -0.25) is 4.79 Å². The normalized spacial score (nSPS) is 11.2. The molecule has 0 saturated heterocycles.